The summed E-state index contributed by atoms with van der Waals surface area (Å²) in [4.78, 5) is 63.8. The molecule has 0 bridgehead atoms. The van der Waals surface area contributed by atoms with E-state index in [1.54, 1.807) is 20.9 Å². The van der Waals surface area contributed by atoms with Crippen molar-refractivity contribution in [3.63, 3.8) is 0 Å². The summed E-state index contributed by atoms with van der Waals surface area (Å²) >= 11 is 3.69. The number of β-lactam (4-membered cyclic amide) rings is 1. The molecule has 224 valence electrons. The number of nitrogens with one attached hydrogen (secondary N) is 1. The van der Waals surface area contributed by atoms with Gasteiger partial charge in [0.05, 0.1) is 20.7 Å². The molecule has 14 nitrogen and oxygen atoms in total. The summed E-state index contributed by atoms with van der Waals surface area (Å²) in [5.74, 6) is -2.65. The number of hydrogen-bond acceptors (Lipinski definition) is 13. The van der Waals surface area contributed by atoms with Gasteiger partial charge < -0.3 is 25.7 Å². The summed E-state index contributed by atoms with van der Waals surface area (Å²) in [6, 6.07) is -0.985. The first kappa shape index (κ1) is 31.0. The number of nitrogen functional groups attached to an aromatic ring is 1. The average molecular weight is 637 g/mol. The largest absolute Gasteiger partial charge is 0.477 e. The van der Waals surface area contributed by atoms with Gasteiger partial charge in [-0.3, -0.25) is 19.4 Å². The molecule has 4 N–H and O–H groups in total. The van der Waals surface area contributed by atoms with Crippen molar-refractivity contribution >= 4 is 74.2 Å². The molecule has 4 rings (SSSR count). The van der Waals surface area contributed by atoms with E-state index in [2.05, 4.69) is 22.0 Å². The third kappa shape index (κ3) is 5.98. The number of anilines is 2. The van der Waals surface area contributed by atoms with Crippen molar-refractivity contribution < 1.29 is 38.4 Å². The van der Waals surface area contributed by atoms with Crippen LogP contribution in [-0.2, 0) is 31.0 Å². The number of carboxylic acid groups (broad SMARTS) is 1. The second kappa shape index (κ2) is 12.9. The monoisotopic (exact) mass is 636 g/mol. The van der Waals surface area contributed by atoms with Crippen LogP contribution in [0, 0.1) is 6.92 Å². The zero-order valence-electron chi connectivity index (χ0n) is 23.3. The van der Waals surface area contributed by atoms with Crippen LogP contribution in [0.2, 0.25) is 0 Å². The fraction of sp³-hybridized carbons (Fsp3) is 0.400. The van der Waals surface area contributed by atoms with E-state index in [-0.39, 0.29) is 42.0 Å². The minimum atomic E-state index is -1.25. The minimum Gasteiger partial charge on any atom is -0.477 e. The number of amides is 2. The SMILES string of the molecule is C=CCO/N=C(/C(=O)N[C@@H]1C(=O)N2C(C(=O)O)=C(CN(C)c3sc(C(=O)OCC)c(C)[n+]3C)CS[C@H]12)c1csc(N)n1. The molecule has 17 heteroatoms. The van der Waals surface area contributed by atoms with Gasteiger partial charge in [0.2, 0.25) is 0 Å². The van der Waals surface area contributed by atoms with Crippen LogP contribution in [0.4, 0.5) is 10.3 Å². The van der Waals surface area contributed by atoms with Crippen molar-refractivity contribution in [1.29, 1.82) is 0 Å². The van der Waals surface area contributed by atoms with Crippen LogP contribution >= 0.6 is 34.4 Å². The summed E-state index contributed by atoms with van der Waals surface area (Å²) in [5.41, 5.74) is 6.83. The molecule has 1 fully saturated rings. The Labute approximate surface area is 253 Å². The number of likely N-dealkylation sites (N-methyl/N-ethyl adjacent to an activating group) is 1. The van der Waals surface area contributed by atoms with Crippen LogP contribution in [0.5, 0.6) is 0 Å². The first-order valence-corrected chi connectivity index (χ1v) is 15.3. The number of aliphatic carboxylic acids is 1. The molecule has 0 saturated carbocycles. The van der Waals surface area contributed by atoms with Crippen molar-refractivity contribution in [3.8, 4) is 0 Å². The lowest BCUT2D eigenvalue weighted by molar-refractivity contribution is -0.660. The number of esters is 1. The minimum absolute atomic E-state index is 0.0439. The molecule has 0 unspecified atom stereocenters. The molecule has 2 atom stereocenters. The quantitative estimate of drug-likeness (QED) is 0.0572. The van der Waals surface area contributed by atoms with Gasteiger partial charge in [-0.05, 0) is 25.2 Å². The molecule has 2 amide bonds. The maximum atomic E-state index is 13.2. The second-order valence-corrected chi connectivity index (χ2v) is 12.1. The third-order valence-electron chi connectivity index (χ3n) is 6.39. The maximum absolute atomic E-state index is 13.2. The fourth-order valence-corrected chi connectivity index (χ4v) is 7.36. The van der Waals surface area contributed by atoms with Crippen molar-refractivity contribution in [2.75, 3.05) is 43.2 Å². The van der Waals surface area contributed by atoms with Crippen molar-refractivity contribution in [1.82, 2.24) is 15.2 Å². The lowest BCUT2D eigenvalue weighted by Gasteiger charge is -2.49. The number of carboxylic acids is 1. The number of carbonyl (C=O) groups is 4. The Morgan fingerprint density at radius 2 is 2.17 bits per heavy atom. The molecule has 1 saturated heterocycles. The highest BCUT2D eigenvalue weighted by molar-refractivity contribution is 8.00. The number of hydrogen-bond donors (Lipinski definition) is 3. The highest BCUT2D eigenvalue weighted by atomic mass is 32.2. The number of rotatable bonds is 12. The van der Waals surface area contributed by atoms with Gasteiger partial charge in [0.15, 0.2) is 15.7 Å². The standard InChI is InChI=1S/C25H29N7O7S3/c1-6-8-39-29-15(14-11-41-24(26)27-14)19(33)28-16-20(34)32-17(22(35)36)13(10-40-21(16)32)9-30(4)25-31(5)12(3)18(42-25)23(37)38-7-2/h6,11,16,21H,1,7-10H2,2-5H3,(H3-,26,27,28,33,35,36)/p+1/b29-15+/t16-,21-/m1/s1. The van der Waals surface area contributed by atoms with Crippen molar-refractivity contribution in [3.05, 3.63) is 45.6 Å². The lowest BCUT2D eigenvalue weighted by Crippen LogP contribution is -2.71. The first-order valence-electron chi connectivity index (χ1n) is 12.6. The third-order valence-corrected chi connectivity index (χ3v) is 9.84. The molecule has 2 aliphatic rings. The van der Waals surface area contributed by atoms with Crippen LogP contribution in [0.25, 0.3) is 0 Å². The number of thiazole rings is 2. The lowest BCUT2D eigenvalue weighted by atomic mass is 10.0. The molecule has 0 aliphatic carbocycles. The van der Waals surface area contributed by atoms with Gasteiger partial charge in [-0.1, -0.05) is 17.8 Å². The van der Waals surface area contributed by atoms with Gasteiger partial charge in [-0.2, -0.15) is 0 Å². The van der Waals surface area contributed by atoms with E-state index in [9.17, 15) is 24.3 Å². The molecule has 4 heterocycles. The summed E-state index contributed by atoms with van der Waals surface area (Å²) in [7, 11) is 3.59. The van der Waals surface area contributed by atoms with Gasteiger partial charge >= 0.3 is 17.1 Å². The number of thioether (sulfide) groups is 1. The highest BCUT2D eigenvalue weighted by Gasteiger charge is 2.54. The topological polar surface area (TPSA) is 181 Å². The van der Waals surface area contributed by atoms with E-state index in [1.165, 1.54) is 39.5 Å². The fourth-order valence-electron chi connectivity index (χ4n) is 4.37. The predicted molar refractivity (Wildman–Crippen MR) is 158 cm³/mol. The van der Waals surface area contributed by atoms with Crippen molar-refractivity contribution in [2.45, 2.75) is 25.3 Å². The Morgan fingerprint density at radius 1 is 1.43 bits per heavy atom. The molecule has 0 radical (unpaired) electrons. The molecule has 42 heavy (non-hydrogen) atoms. The van der Waals surface area contributed by atoms with Crippen LogP contribution in [-0.4, -0.2) is 88.4 Å². The first-order chi connectivity index (χ1) is 20.0. The van der Waals surface area contributed by atoms with Crippen LogP contribution in [0.3, 0.4) is 0 Å². The Hall–Kier alpha value is -3.96. The predicted octanol–water partition coefficient (Wildman–Crippen LogP) is 0.878. The number of fused-ring (bicyclic) bond motifs is 1. The summed E-state index contributed by atoms with van der Waals surface area (Å²) in [6.45, 7) is 7.56. The van der Waals surface area contributed by atoms with Gasteiger partial charge in [0.25, 0.3) is 11.8 Å². The number of nitrogens with two attached hydrogens (primary N) is 1. The zero-order valence-corrected chi connectivity index (χ0v) is 25.7. The second-order valence-electron chi connectivity index (χ2n) is 9.15. The molecule has 2 aromatic heterocycles. The molecule has 0 aromatic carbocycles. The van der Waals surface area contributed by atoms with E-state index < -0.39 is 35.2 Å². The highest BCUT2D eigenvalue weighted by Crippen LogP contribution is 2.41. The Bertz CT molecular complexity index is 1500. The maximum Gasteiger partial charge on any atom is 0.352 e. The number of carbonyl (C=O) groups excluding carboxylic acids is 3. The normalized spacial score (nSPS) is 18.2. The molecule has 0 spiro atoms. The van der Waals surface area contributed by atoms with Gasteiger partial charge in [0, 0.05) is 16.7 Å². The summed E-state index contributed by atoms with van der Waals surface area (Å²) in [6.07, 6.45) is 1.45. The molecular weight excluding hydrogens is 607 g/mol. The Kier molecular flexibility index (Phi) is 9.53. The number of nitrogens with zero attached hydrogens (tertiary/aromatic N) is 5. The van der Waals surface area contributed by atoms with Gasteiger partial charge in [-0.25, -0.2) is 19.1 Å². The zero-order chi connectivity index (χ0) is 30.7. The number of ether oxygens (including phenoxy) is 1. The van der Waals surface area contributed by atoms with E-state index in [0.717, 1.165) is 17.0 Å². The van der Waals surface area contributed by atoms with E-state index in [0.29, 0.717) is 21.3 Å². The Balaban J connectivity index is 1.53. The molecular formula is C25H30N7O7S3+. The van der Waals surface area contributed by atoms with Crippen molar-refractivity contribution in [2.24, 2.45) is 12.2 Å². The smallest absolute Gasteiger partial charge is 0.352 e. The van der Waals surface area contributed by atoms with E-state index in [1.807, 2.05) is 16.5 Å². The number of aromatic nitrogens is 2. The molecule has 2 aromatic rings. The summed E-state index contributed by atoms with van der Waals surface area (Å²) in [5, 5.41) is 18.4. The van der Waals surface area contributed by atoms with E-state index in [4.69, 9.17) is 15.3 Å². The molecule has 2 aliphatic heterocycles. The van der Waals surface area contributed by atoms with Gasteiger partial charge in [0.1, 0.15) is 41.7 Å². The van der Waals surface area contributed by atoms with Gasteiger partial charge in [-0.15, -0.1) is 23.1 Å². The van der Waals surface area contributed by atoms with E-state index >= 15 is 0 Å². The average Bonchev–Trinajstić information content (AvgIpc) is 3.51. The Morgan fingerprint density at radius 3 is 2.79 bits per heavy atom. The van der Waals surface area contributed by atoms with Crippen LogP contribution in [0.1, 0.15) is 28.0 Å². The van der Waals surface area contributed by atoms with Crippen LogP contribution in [0.15, 0.2) is 34.5 Å². The summed E-state index contributed by atoms with van der Waals surface area (Å²) < 4.78 is 6.99. The number of oxime groups is 1. The van der Waals surface area contributed by atoms with Crippen LogP contribution < -0.4 is 20.5 Å².